The fourth-order valence-corrected chi connectivity index (χ4v) is 3.89. The van der Waals surface area contributed by atoms with Crippen LogP contribution < -0.4 is 19.7 Å². The molecule has 3 aromatic carbocycles. The van der Waals surface area contributed by atoms with Crippen LogP contribution in [0.1, 0.15) is 36.5 Å². The van der Waals surface area contributed by atoms with Gasteiger partial charge in [0.2, 0.25) is 0 Å². The molecule has 0 radical (unpaired) electrons. The molecule has 4 rings (SSSR count). The lowest BCUT2D eigenvalue weighted by atomic mass is 10.0. The second kappa shape index (κ2) is 9.43. The van der Waals surface area contributed by atoms with Gasteiger partial charge in [0.15, 0.2) is 0 Å². The van der Waals surface area contributed by atoms with Crippen LogP contribution in [-0.2, 0) is 9.59 Å². The number of hydrogen-bond donors (Lipinski definition) is 1. The van der Waals surface area contributed by atoms with E-state index < -0.39 is 11.8 Å². The molecular formula is C28H28N2O4. The predicted molar refractivity (Wildman–Crippen MR) is 134 cm³/mol. The third-order valence-corrected chi connectivity index (χ3v) is 5.87. The molecule has 3 aromatic rings. The molecule has 0 saturated carbocycles. The highest BCUT2D eigenvalue weighted by atomic mass is 16.5. The standard InChI is InChI=1S/C28H28N2O4/c1-17(2)19-10-12-21(13-11-19)29-26-25(20-8-6-18(3)7-9-20)27(31)30(28(26)32)22-14-23(33-4)16-24(15-22)34-5/h6-17,29H,1-5H3. The van der Waals surface area contributed by atoms with E-state index in [2.05, 4.69) is 19.2 Å². The van der Waals surface area contributed by atoms with E-state index in [9.17, 15) is 9.59 Å². The molecule has 0 fully saturated rings. The lowest BCUT2D eigenvalue weighted by Gasteiger charge is -2.17. The third-order valence-electron chi connectivity index (χ3n) is 5.87. The zero-order chi connectivity index (χ0) is 24.4. The normalized spacial score (nSPS) is 13.6. The number of methoxy groups -OCH3 is 2. The van der Waals surface area contributed by atoms with E-state index in [4.69, 9.17) is 9.47 Å². The minimum absolute atomic E-state index is 0.230. The Morgan fingerprint density at radius 1 is 0.794 bits per heavy atom. The summed E-state index contributed by atoms with van der Waals surface area (Å²) in [4.78, 5) is 28.5. The zero-order valence-electron chi connectivity index (χ0n) is 20.0. The fourth-order valence-electron chi connectivity index (χ4n) is 3.89. The minimum atomic E-state index is -0.441. The molecule has 0 saturated heterocycles. The number of nitrogens with zero attached hydrogens (tertiary/aromatic N) is 1. The summed E-state index contributed by atoms with van der Waals surface area (Å²) in [5.74, 6) is 0.508. The Labute approximate surface area is 199 Å². The van der Waals surface area contributed by atoms with Crippen molar-refractivity contribution in [2.24, 2.45) is 0 Å². The van der Waals surface area contributed by atoms with Crippen molar-refractivity contribution >= 4 is 28.8 Å². The number of anilines is 2. The van der Waals surface area contributed by atoms with Crippen molar-refractivity contribution < 1.29 is 19.1 Å². The Morgan fingerprint density at radius 3 is 1.91 bits per heavy atom. The lowest BCUT2D eigenvalue weighted by Crippen LogP contribution is -2.32. The molecule has 6 heteroatoms. The molecule has 0 unspecified atom stereocenters. The molecule has 2 amide bonds. The summed E-state index contributed by atoms with van der Waals surface area (Å²) in [6.07, 6.45) is 0. The van der Waals surface area contributed by atoms with Crippen molar-refractivity contribution in [1.82, 2.24) is 0 Å². The van der Waals surface area contributed by atoms with Gasteiger partial charge < -0.3 is 14.8 Å². The molecule has 34 heavy (non-hydrogen) atoms. The van der Waals surface area contributed by atoms with Crippen LogP contribution in [0.2, 0.25) is 0 Å². The maximum Gasteiger partial charge on any atom is 0.282 e. The summed E-state index contributed by atoms with van der Waals surface area (Å²) in [6, 6.07) is 20.4. The first-order chi connectivity index (χ1) is 16.3. The summed E-state index contributed by atoms with van der Waals surface area (Å²) in [6.45, 7) is 6.23. The Kier molecular flexibility index (Phi) is 6.41. The largest absolute Gasteiger partial charge is 0.497 e. The molecule has 0 atom stereocenters. The molecule has 1 aliphatic heterocycles. The minimum Gasteiger partial charge on any atom is -0.497 e. The highest BCUT2D eigenvalue weighted by Crippen LogP contribution is 2.37. The average Bonchev–Trinajstić information content (AvgIpc) is 3.08. The van der Waals surface area contributed by atoms with Crippen LogP contribution in [-0.4, -0.2) is 26.0 Å². The first-order valence-corrected chi connectivity index (χ1v) is 11.1. The van der Waals surface area contributed by atoms with Gasteiger partial charge in [-0.25, -0.2) is 4.90 Å². The number of imide groups is 1. The van der Waals surface area contributed by atoms with Crippen molar-refractivity contribution in [2.45, 2.75) is 26.7 Å². The Hall–Kier alpha value is -4.06. The van der Waals surface area contributed by atoms with Crippen molar-refractivity contribution in [3.63, 3.8) is 0 Å². The van der Waals surface area contributed by atoms with Gasteiger partial charge in [0.1, 0.15) is 17.2 Å². The molecule has 6 nitrogen and oxygen atoms in total. The maximum atomic E-state index is 13.7. The summed E-state index contributed by atoms with van der Waals surface area (Å²) in [5.41, 5.74) is 4.58. The number of rotatable bonds is 7. The third kappa shape index (κ3) is 4.39. The number of ether oxygens (including phenoxy) is 2. The van der Waals surface area contributed by atoms with Crippen molar-refractivity contribution in [3.8, 4) is 11.5 Å². The van der Waals surface area contributed by atoms with E-state index >= 15 is 0 Å². The number of hydrogen-bond acceptors (Lipinski definition) is 5. The summed E-state index contributed by atoms with van der Waals surface area (Å²) in [7, 11) is 3.05. The van der Waals surface area contributed by atoms with E-state index in [0.29, 0.717) is 34.2 Å². The van der Waals surface area contributed by atoms with Crippen molar-refractivity contribution in [1.29, 1.82) is 0 Å². The Balaban J connectivity index is 1.80. The topological polar surface area (TPSA) is 67.9 Å². The van der Waals surface area contributed by atoms with Gasteiger partial charge in [0, 0.05) is 23.9 Å². The fraction of sp³-hybridized carbons (Fsp3) is 0.214. The molecule has 174 valence electrons. The van der Waals surface area contributed by atoms with Crippen LogP contribution in [0.5, 0.6) is 11.5 Å². The van der Waals surface area contributed by atoms with Crippen LogP contribution in [0.4, 0.5) is 11.4 Å². The first-order valence-electron chi connectivity index (χ1n) is 11.1. The molecule has 0 spiro atoms. The first kappa shape index (κ1) is 23.1. The van der Waals surface area contributed by atoms with Gasteiger partial charge in [-0.05, 0) is 36.1 Å². The SMILES string of the molecule is COc1cc(OC)cc(N2C(=O)C(Nc3ccc(C(C)C)cc3)=C(c3ccc(C)cc3)C2=O)c1. The molecule has 0 aromatic heterocycles. The predicted octanol–water partition coefficient (Wildman–Crippen LogP) is 5.53. The smallest absolute Gasteiger partial charge is 0.282 e. The van der Waals surface area contributed by atoms with Crippen LogP contribution in [0.15, 0.2) is 72.4 Å². The van der Waals surface area contributed by atoms with Gasteiger partial charge in [-0.3, -0.25) is 9.59 Å². The number of carbonyl (C=O) groups is 2. The number of benzene rings is 3. The van der Waals surface area contributed by atoms with Crippen LogP contribution in [0.25, 0.3) is 5.57 Å². The number of aryl methyl sites for hydroxylation is 1. The molecule has 1 aliphatic rings. The second-order valence-electron chi connectivity index (χ2n) is 8.53. The van der Waals surface area contributed by atoms with Crippen LogP contribution >= 0.6 is 0 Å². The molecule has 0 aliphatic carbocycles. The monoisotopic (exact) mass is 456 g/mol. The molecular weight excluding hydrogens is 428 g/mol. The van der Waals surface area contributed by atoms with Crippen molar-refractivity contribution in [3.05, 3.63) is 89.1 Å². The van der Waals surface area contributed by atoms with Crippen molar-refractivity contribution in [2.75, 3.05) is 24.4 Å². The van der Waals surface area contributed by atoms with Gasteiger partial charge in [-0.2, -0.15) is 0 Å². The highest BCUT2D eigenvalue weighted by molar-refractivity contribution is 6.46. The highest BCUT2D eigenvalue weighted by Gasteiger charge is 2.40. The van der Waals surface area contributed by atoms with E-state index in [1.54, 1.807) is 18.2 Å². The van der Waals surface area contributed by atoms with E-state index in [1.807, 2.05) is 55.5 Å². The second-order valence-corrected chi connectivity index (χ2v) is 8.53. The molecule has 1 N–H and O–H groups in total. The lowest BCUT2D eigenvalue weighted by molar-refractivity contribution is -0.120. The number of nitrogens with one attached hydrogen (secondary N) is 1. The Bertz CT molecular complexity index is 1240. The van der Waals surface area contributed by atoms with Gasteiger partial charge in [0.25, 0.3) is 11.8 Å². The van der Waals surface area contributed by atoms with Gasteiger partial charge in [0.05, 0.1) is 25.5 Å². The van der Waals surface area contributed by atoms with Gasteiger partial charge in [-0.1, -0.05) is 55.8 Å². The van der Waals surface area contributed by atoms with E-state index in [-0.39, 0.29) is 5.70 Å². The quantitative estimate of drug-likeness (QED) is 0.473. The average molecular weight is 457 g/mol. The summed E-state index contributed by atoms with van der Waals surface area (Å²) >= 11 is 0. The molecule has 0 bridgehead atoms. The van der Waals surface area contributed by atoms with E-state index in [0.717, 1.165) is 16.2 Å². The zero-order valence-corrected chi connectivity index (χ0v) is 20.0. The summed E-state index contributed by atoms with van der Waals surface area (Å²) < 4.78 is 10.7. The van der Waals surface area contributed by atoms with Gasteiger partial charge in [-0.15, -0.1) is 0 Å². The Morgan fingerprint density at radius 2 is 1.38 bits per heavy atom. The number of amides is 2. The van der Waals surface area contributed by atoms with E-state index in [1.165, 1.54) is 19.8 Å². The molecule has 1 heterocycles. The maximum absolute atomic E-state index is 13.7. The van der Waals surface area contributed by atoms with Crippen LogP contribution in [0, 0.1) is 6.92 Å². The van der Waals surface area contributed by atoms with Crippen LogP contribution in [0.3, 0.4) is 0 Å². The number of carbonyl (C=O) groups excluding carboxylic acids is 2. The van der Waals surface area contributed by atoms with Gasteiger partial charge >= 0.3 is 0 Å². The summed E-state index contributed by atoms with van der Waals surface area (Å²) in [5, 5.41) is 3.21.